The molecular formula is C18H26O7. The maximum absolute atomic E-state index is 11.7. The summed E-state index contributed by atoms with van der Waals surface area (Å²) in [6, 6.07) is 6.95. The molecule has 0 fully saturated rings. The van der Waals surface area contributed by atoms with Gasteiger partial charge in [0.1, 0.15) is 0 Å². The van der Waals surface area contributed by atoms with Crippen molar-refractivity contribution in [3.63, 3.8) is 0 Å². The molecule has 0 saturated heterocycles. The molecule has 0 radical (unpaired) electrons. The Morgan fingerprint density at radius 1 is 1.08 bits per heavy atom. The highest BCUT2D eigenvalue weighted by molar-refractivity contribution is 5.88. The van der Waals surface area contributed by atoms with Crippen LogP contribution in [0.25, 0.3) is 0 Å². The zero-order valence-corrected chi connectivity index (χ0v) is 15.2. The Kier molecular flexibility index (Phi) is 8.94. The molecule has 0 saturated carbocycles. The van der Waals surface area contributed by atoms with Gasteiger partial charge in [-0.15, -0.1) is 0 Å². The SMILES string of the molecule is CCCCc1ccc(C(=O)OOOC(=O)OCCC(C)(C)OC)cc1. The fourth-order valence-electron chi connectivity index (χ4n) is 1.82. The molecule has 0 aliphatic rings. The lowest BCUT2D eigenvalue weighted by Crippen LogP contribution is -2.25. The lowest BCUT2D eigenvalue weighted by atomic mass is 10.1. The van der Waals surface area contributed by atoms with Crippen LogP contribution in [-0.2, 0) is 30.7 Å². The van der Waals surface area contributed by atoms with Crippen LogP contribution in [0.1, 0.15) is 56.0 Å². The number of benzene rings is 1. The smallest absolute Gasteiger partial charge is 0.432 e. The number of hydrogen-bond acceptors (Lipinski definition) is 7. The highest BCUT2D eigenvalue weighted by Crippen LogP contribution is 2.13. The molecule has 140 valence electrons. The third-order valence-electron chi connectivity index (χ3n) is 3.70. The predicted octanol–water partition coefficient (Wildman–Crippen LogP) is 4.00. The molecule has 0 heterocycles. The Balaban J connectivity index is 2.26. The molecule has 25 heavy (non-hydrogen) atoms. The number of unbranched alkanes of at least 4 members (excludes halogenated alkanes) is 1. The second kappa shape index (κ2) is 10.7. The number of aryl methyl sites for hydroxylation is 1. The normalized spacial score (nSPS) is 11.0. The first-order chi connectivity index (χ1) is 11.9. The van der Waals surface area contributed by atoms with Gasteiger partial charge in [0.2, 0.25) is 0 Å². The van der Waals surface area contributed by atoms with Crippen molar-refractivity contribution in [3.8, 4) is 0 Å². The second-order valence-electron chi connectivity index (χ2n) is 6.13. The Labute approximate surface area is 148 Å². The van der Waals surface area contributed by atoms with Crippen molar-refractivity contribution in [3.05, 3.63) is 35.4 Å². The van der Waals surface area contributed by atoms with Gasteiger partial charge >= 0.3 is 12.1 Å². The van der Waals surface area contributed by atoms with E-state index in [4.69, 9.17) is 9.47 Å². The standard InChI is InChI=1S/C18H26O7/c1-5-6-7-14-8-10-15(11-9-14)16(19)23-25-24-17(20)22-13-12-18(2,3)21-4/h8-11H,5-7,12-13H2,1-4H3. The fourth-order valence-corrected chi connectivity index (χ4v) is 1.82. The molecule has 0 aliphatic carbocycles. The van der Waals surface area contributed by atoms with Crippen LogP contribution in [-0.4, -0.2) is 31.4 Å². The van der Waals surface area contributed by atoms with Crippen molar-refractivity contribution in [1.29, 1.82) is 0 Å². The second-order valence-corrected chi connectivity index (χ2v) is 6.13. The van der Waals surface area contributed by atoms with Crippen molar-refractivity contribution in [2.24, 2.45) is 0 Å². The number of carbonyl (C=O) groups is 2. The molecule has 7 heteroatoms. The third kappa shape index (κ3) is 8.51. The summed E-state index contributed by atoms with van der Waals surface area (Å²) in [7, 11) is 1.57. The molecule has 1 rings (SSSR count). The van der Waals surface area contributed by atoms with Crippen LogP contribution in [0.4, 0.5) is 4.79 Å². The highest BCUT2D eigenvalue weighted by atomic mass is 17.5. The first-order valence-corrected chi connectivity index (χ1v) is 8.24. The number of carbonyl (C=O) groups excluding carboxylic acids is 2. The average Bonchev–Trinajstić information content (AvgIpc) is 2.60. The van der Waals surface area contributed by atoms with E-state index in [1.54, 1.807) is 19.2 Å². The van der Waals surface area contributed by atoms with E-state index in [1.807, 2.05) is 26.0 Å². The van der Waals surface area contributed by atoms with Crippen LogP contribution in [0, 0.1) is 0 Å². The largest absolute Gasteiger partial charge is 0.543 e. The van der Waals surface area contributed by atoms with Crippen LogP contribution in [0.5, 0.6) is 0 Å². The molecule has 1 aromatic rings. The fraction of sp³-hybridized carbons (Fsp3) is 0.556. The monoisotopic (exact) mass is 354 g/mol. The highest BCUT2D eigenvalue weighted by Gasteiger charge is 2.18. The number of methoxy groups -OCH3 is 1. The quantitative estimate of drug-likeness (QED) is 0.357. The molecule has 0 spiro atoms. The zero-order chi connectivity index (χ0) is 18.7. The first-order valence-electron chi connectivity index (χ1n) is 8.24. The molecule has 0 N–H and O–H groups in total. The lowest BCUT2D eigenvalue weighted by molar-refractivity contribution is -0.452. The van der Waals surface area contributed by atoms with Crippen molar-refractivity contribution in [2.75, 3.05) is 13.7 Å². The summed E-state index contributed by atoms with van der Waals surface area (Å²) in [4.78, 5) is 31.6. The van der Waals surface area contributed by atoms with E-state index >= 15 is 0 Å². The topological polar surface area (TPSA) is 80.3 Å². The average molecular weight is 354 g/mol. The van der Waals surface area contributed by atoms with Gasteiger partial charge in [0.25, 0.3) is 0 Å². The minimum absolute atomic E-state index is 0.0796. The minimum Gasteiger partial charge on any atom is -0.432 e. The van der Waals surface area contributed by atoms with Gasteiger partial charge in [0.15, 0.2) is 0 Å². The Bertz CT molecular complexity index is 537. The summed E-state index contributed by atoms with van der Waals surface area (Å²) < 4.78 is 9.94. The number of rotatable bonds is 10. The van der Waals surface area contributed by atoms with Gasteiger partial charge in [-0.2, -0.15) is 0 Å². The molecule has 0 amide bonds. The predicted molar refractivity (Wildman–Crippen MR) is 89.7 cm³/mol. The van der Waals surface area contributed by atoms with Gasteiger partial charge in [-0.25, -0.2) is 14.5 Å². The molecular weight excluding hydrogens is 328 g/mol. The zero-order valence-electron chi connectivity index (χ0n) is 15.2. The van der Waals surface area contributed by atoms with Crippen molar-refractivity contribution in [2.45, 2.75) is 52.1 Å². The Morgan fingerprint density at radius 2 is 1.76 bits per heavy atom. The van der Waals surface area contributed by atoms with Gasteiger partial charge in [-0.05, 0) is 44.4 Å². The summed E-state index contributed by atoms with van der Waals surface area (Å²) in [5, 5.41) is 4.16. The lowest BCUT2D eigenvalue weighted by Gasteiger charge is -2.21. The first kappa shape index (κ1) is 20.9. The Morgan fingerprint density at radius 3 is 2.36 bits per heavy atom. The van der Waals surface area contributed by atoms with Gasteiger partial charge in [-0.3, -0.25) is 4.89 Å². The van der Waals surface area contributed by atoms with Crippen LogP contribution >= 0.6 is 0 Å². The molecule has 0 aromatic heterocycles. The molecule has 1 aromatic carbocycles. The summed E-state index contributed by atoms with van der Waals surface area (Å²) in [5.74, 6) is -0.768. The maximum Gasteiger partial charge on any atom is 0.543 e. The van der Waals surface area contributed by atoms with E-state index in [-0.39, 0.29) is 6.61 Å². The van der Waals surface area contributed by atoms with E-state index < -0.39 is 17.7 Å². The summed E-state index contributed by atoms with van der Waals surface area (Å²) in [5.41, 5.74) is 1.01. The molecule has 0 atom stereocenters. The molecule has 0 bridgehead atoms. The van der Waals surface area contributed by atoms with Gasteiger partial charge in [0, 0.05) is 13.5 Å². The summed E-state index contributed by atoms with van der Waals surface area (Å²) in [6.07, 6.45) is 2.52. The van der Waals surface area contributed by atoms with Gasteiger partial charge in [0.05, 0.1) is 22.8 Å². The van der Waals surface area contributed by atoms with Gasteiger partial charge in [-0.1, -0.05) is 25.5 Å². The van der Waals surface area contributed by atoms with Crippen LogP contribution in [0.15, 0.2) is 24.3 Å². The van der Waals surface area contributed by atoms with E-state index in [2.05, 4.69) is 21.7 Å². The van der Waals surface area contributed by atoms with Crippen molar-refractivity contribution >= 4 is 12.1 Å². The number of hydrogen-bond donors (Lipinski definition) is 0. The van der Waals surface area contributed by atoms with Gasteiger partial charge < -0.3 is 9.47 Å². The minimum atomic E-state index is -1.10. The molecule has 7 nitrogen and oxygen atoms in total. The van der Waals surface area contributed by atoms with Crippen LogP contribution in [0.2, 0.25) is 0 Å². The molecule has 0 aliphatic heterocycles. The summed E-state index contributed by atoms with van der Waals surface area (Å²) >= 11 is 0. The van der Waals surface area contributed by atoms with Crippen LogP contribution < -0.4 is 0 Å². The van der Waals surface area contributed by atoms with Crippen molar-refractivity contribution in [1.82, 2.24) is 0 Å². The maximum atomic E-state index is 11.7. The van der Waals surface area contributed by atoms with E-state index in [9.17, 15) is 9.59 Å². The van der Waals surface area contributed by atoms with E-state index in [0.29, 0.717) is 12.0 Å². The van der Waals surface area contributed by atoms with Crippen molar-refractivity contribution < 1.29 is 33.9 Å². The number of ether oxygens (including phenoxy) is 2. The molecule has 0 unspecified atom stereocenters. The van der Waals surface area contributed by atoms with E-state index in [0.717, 1.165) is 24.8 Å². The summed E-state index contributed by atoms with van der Waals surface area (Å²) in [6.45, 7) is 5.91. The Hall–Kier alpha value is -2.12. The third-order valence-corrected chi connectivity index (χ3v) is 3.70. The van der Waals surface area contributed by atoms with Crippen LogP contribution in [0.3, 0.4) is 0 Å². The van der Waals surface area contributed by atoms with E-state index in [1.165, 1.54) is 0 Å².